The molecule has 0 unspecified atom stereocenters. The number of anilines is 1. The predicted octanol–water partition coefficient (Wildman–Crippen LogP) is 2.36. The van der Waals surface area contributed by atoms with Gasteiger partial charge in [0, 0.05) is 4.47 Å². The minimum Gasteiger partial charge on any atom is -0.340 e. The molecule has 1 aliphatic carbocycles. The van der Waals surface area contributed by atoms with E-state index >= 15 is 0 Å². The van der Waals surface area contributed by atoms with Crippen LogP contribution < -0.4 is 10.2 Å². The lowest BCUT2D eigenvalue weighted by Crippen LogP contribution is -2.66. The lowest BCUT2D eigenvalue weighted by Gasteiger charge is -2.40. The third-order valence-corrected chi connectivity index (χ3v) is 4.64. The van der Waals surface area contributed by atoms with Crippen LogP contribution in [0.5, 0.6) is 0 Å². The van der Waals surface area contributed by atoms with E-state index in [9.17, 15) is 14.0 Å². The summed E-state index contributed by atoms with van der Waals surface area (Å²) in [6.07, 6.45) is 3.05. The number of halogens is 2. The van der Waals surface area contributed by atoms with Crippen molar-refractivity contribution in [1.29, 1.82) is 0 Å². The highest BCUT2D eigenvalue weighted by Gasteiger charge is 2.49. The van der Waals surface area contributed by atoms with E-state index in [2.05, 4.69) is 21.2 Å². The average molecular weight is 341 g/mol. The molecule has 2 aliphatic rings. The summed E-state index contributed by atoms with van der Waals surface area (Å²) in [6, 6.07) is 4.52. The zero-order valence-corrected chi connectivity index (χ0v) is 12.4. The van der Waals surface area contributed by atoms with Gasteiger partial charge in [0.05, 0.1) is 5.69 Å². The molecule has 1 saturated carbocycles. The van der Waals surface area contributed by atoms with Crippen LogP contribution in [-0.2, 0) is 9.59 Å². The summed E-state index contributed by atoms with van der Waals surface area (Å²) in [4.78, 5) is 25.9. The van der Waals surface area contributed by atoms with Gasteiger partial charge in [0.15, 0.2) is 0 Å². The number of amides is 2. The minimum absolute atomic E-state index is 0.139. The Hall–Kier alpha value is -1.43. The molecular formula is C14H14BrFN2O2. The van der Waals surface area contributed by atoms with Gasteiger partial charge >= 0.3 is 0 Å². The minimum atomic E-state index is -0.836. The summed E-state index contributed by atoms with van der Waals surface area (Å²) < 4.78 is 14.5. The Kier molecular flexibility index (Phi) is 3.28. The Labute approximate surface area is 124 Å². The SMILES string of the molecule is O=C1CN(c2c(F)cccc2Br)C(=O)C2(CCCC2)N1. The number of nitrogens with one attached hydrogen (secondary N) is 1. The second-order valence-corrected chi connectivity index (χ2v) is 6.15. The maximum atomic E-state index is 14.1. The van der Waals surface area contributed by atoms with Gasteiger partial charge in [-0.25, -0.2) is 4.39 Å². The number of rotatable bonds is 1. The van der Waals surface area contributed by atoms with Crippen LogP contribution in [0.15, 0.2) is 22.7 Å². The molecule has 3 rings (SSSR count). The predicted molar refractivity (Wildman–Crippen MR) is 75.8 cm³/mol. The van der Waals surface area contributed by atoms with Crippen molar-refractivity contribution in [2.45, 2.75) is 31.2 Å². The molecule has 1 heterocycles. The first kappa shape index (κ1) is 13.5. The number of nitrogens with zero attached hydrogens (tertiary/aromatic N) is 1. The highest BCUT2D eigenvalue weighted by atomic mass is 79.9. The van der Waals surface area contributed by atoms with Crippen LogP contribution in [0.1, 0.15) is 25.7 Å². The van der Waals surface area contributed by atoms with Crippen LogP contribution >= 0.6 is 15.9 Å². The Balaban J connectivity index is 2.04. The van der Waals surface area contributed by atoms with Crippen LogP contribution in [0.3, 0.4) is 0 Å². The van der Waals surface area contributed by atoms with Crippen molar-refractivity contribution >= 4 is 33.4 Å². The van der Waals surface area contributed by atoms with Gasteiger partial charge in [-0.1, -0.05) is 18.9 Å². The number of hydrogen-bond donors (Lipinski definition) is 1. The number of benzene rings is 1. The van der Waals surface area contributed by atoms with Crippen molar-refractivity contribution < 1.29 is 14.0 Å². The highest BCUT2D eigenvalue weighted by molar-refractivity contribution is 9.10. The van der Waals surface area contributed by atoms with E-state index in [-0.39, 0.29) is 24.0 Å². The van der Waals surface area contributed by atoms with Crippen LogP contribution in [0.25, 0.3) is 0 Å². The molecule has 0 radical (unpaired) electrons. The third kappa shape index (κ3) is 2.02. The summed E-state index contributed by atoms with van der Waals surface area (Å²) >= 11 is 3.26. The van der Waals surface area contributed by atoms with Crippen LogP contribution in [-0.4, -0.2) is 23.9 Å². The normalized spacial score (nSPS) is 21.4. The molecular weight excluding hydrogens is 327 g/mol. The molecule has 2 fully saturated rings. The molecule has 6 heteroatoms. The largest absolute Gasteiger partial charge is 0.340 e. The number of carbonyl (C=O) groups is 2. The topological polar surface area (TPSA) is 49.4 Å². The Morgan fingerprint density at radius 1 is 1.25 bits per heavy atom. The maximum absolute atomic E-state index is 14.1. The molecule has 1 N–H and O–H groups in total. The molecule has 20 heavy (non-hydrogen) atoms. The van der Waals surface area contributed by atoms with Crippen molar-refractivity contribution in [2.24, 2.45) is 0 Å². The zero-order chi connectivity index (χ0) is 14.3. The van der Waals surface area contributed by atoms with Crippen molar-refractivity contribution in [3.8, 4) is 0 Å². The molecule has 106 valence electrons. The van der Waals surface area contributed by atoms with Crippen molar-refractivity contribution in [1.82, 2.24) is 5.32 Å². The fraction of sp³-hybridized carbons (Fsp3) is 0.429. The standard InChI is InChI=1S/C14H14BrFN2O2/c15-9-4-3-5-10(16)12(9)18-8-11(19)17-14(13(18)20)6-1-2-7-14/h3-5H,1-2,6-8H2,(H,17,19). The van der Waals surface area contributed by atoms with E-state index < -0.39 is 11.4 Å². The molecule has 0 aromatic heterocycles. The van der Waals surface area contributed by atoms with Gasteiger partial charge in [0.2, 0.25) is 5.91 Å². The van der Waals surface area contributed by atoms with Crippen molar-refractivity contribution in [3.63, 3.8) is 0 Å². The quantitative estimate of drug-likeness (QED) is 0.853. The van der Waals surface area contributed by atoms with E-state index in [1.807, 2.05) is 0 Å². The van der Waals surface area contributed by atoms with Crippen LogP contribution in [0.4, 0.5) is 10.1 Å². The fourth-order valence-corrected chi connectivity index (χ4v) is 3.63. The number of hydrogen-bond acceptors (Lipinski definition) is 2. The van der Waals surface area contributed by atoms with Gasteiger partial charge in [-0.3, -0.25) is 14.5 Å². The molecule has 4 nitrogen and oxygen atoms in total. The molecule has 0 atom stereocenters. The smallest absolute Gasteiger partial charge is 0.253 e. The second-order valence-electron chi connectivity index (χ2n) is 5.30. The van der Waals surface area contributed by atoms with Gasteiger partial charge in [0.25, 0.3) is 5.91 Å². The highest BCUT2D eigenvalue weighted by Crippen LogP contribution is 2.37. The monoisotopic (exact) mass is 340 g/mol. The first-order valence-corrected chi connectivity index (χ1v) is 7.40. The molecule has 0 bridgehead atoms. The second kappa shape index (κ2) is 4.84. The zero-order valence-electron chi connectivity index (χ0n) is 10.8. The fourth-order valence-electron chi connectivity index (χ4n) is 3.08. The Morgan fingerprint density at radius 2 is 1.95 bits per heavy atom. The first-order valence-electron chi connectivity index (χ1n) is 6.60. The summed E-state index contributed by atoms with van der Waals surface area (Å²) in [5.74, 6) is -0.947. The molecule has 2 amide bonds. The van der Waals surface area contributed by atoms with Gasteiger partial charge in [-0.05, 0) is 40.9 Å². The van der Waals surface area contributed by atoms with E-state index in [1.165, 1.54) is 11.0 Å². The molecule has 1 saturated heterocycles. The number of para-hydroxylation sites is 1. The summed E-state index contributed by atoms with van der Waals surface area (Å²) in [5.41, 5.74) is -0.685. The lowest BCUT2D eigenvalue weighted by atomic mass is 9.92. The maximum Gasteiger partial charge on any atom is 0.253 e. The van der Waals surface area contributed by atoms with Gasteiger partial charge in [-0.2, -0.15) is 0 Å². The van der Waals surface area contributed by atoms with Gasteiger partial charge in [0.1, 0.15) is 17.9 Å². The van der Waals surface area contributed by atoms with Crippen molar-refractivity contribution in [3.05, 3.63) is 28.5 Å². The van der Waals surface area contributed by atoms with Crippen LogP contribution in [0, 0.1) is 5.82 Å². The third-order valence-electron chi connectivity index (χ3n) is 4.00. The van der Waals surface area contributed by atoms with Crippen LogP contribution in [0.2, 0.25) is 0 Å². The first-order chi connectivity index (χ1) is 9.53. The summed E-state index contributed by atoms with van der Waals surface area (Å²) in [7, 11) is 0. The Bertz CT molecular complexity index is 564. The van der Waals surface area contributed by atoms with E-state index in [4.69, 9.17) is 0 Å². The van der Waals surface area contributed by atoms with Gasteiger partial charge in [-0.15, -0.1) is 0 Å². The number of carbonyl (C=O) groups excluding carboxylic acids is 2. The average Bonchev–Trinajstić information content (AvgIpc) is 2.84. The molecule has 1 aromatic rings. The van der Waals surface area contributed by atoms with Gasteiger partial charge < -0.3 is 5.32 Å². The molecule has 1 spiro atoms. The Morgan fingerprint density at radius 3 is 2.60 bits per heavy atom. The molecule has 1 aliphatic heterocycles. The molecule has 1 aromatic carbocycles. The number of piperazine rings is 1. The lowest BCUT2D eigenvalue weighted by molar-refractivity contribution is -0.135. The summed E-state index contributed by atoms with van der Waals surface area (Å²) in [6.45, 7) is -0.139. The van der Waals surface area contributed by atoms with E-state index in [0.717, 1.165) is 12.8 Å². The van der Waals surface area contributed by atoms with E-state index in [1.54, 1.807) is 12.1 Å². The summed E-state index contributed by atoms with van der Waals surface area (Å²) in [5, 5.41) is 2.81. The van der Waals surface area contributed by atoms with Crippen molar-refractivity contribution in [2.75, 3.05) is 11.4 Å². The van der Waals surface area contributed by atoms with E-state index in [0.29, 0.717) is 17.3 Å².